The molecule has 1 aromatic heterocycles. The largest absolute Gasteiger partial charge is 0.497 e. The molecule has 4 nitrogen and oxygen atoms in total. The Morgan fingerprint density at radius 3 is 2.42 bits per heavy atom. The number of ether oxygens (including phenoxy) is 1. The Hall–Kier alpha value is -3.18. The predicted molar refractivity (Wildman–Crippen MR) is 107 cm³/mol. The van der Waals surface area contributed by atoms with E-state index in [1.165, 1.54) is 0 Å². The minimum Gasteiger partial charge on any atom is -0.497 e. The third-order valence-corrected chi connectivity index (χ3v) is 5.34. The van der Waals surface area contributed by atoms with Gasteiger partial charge in [0.2, 0.25) is 0 Å². The zero-order valence-electron chi connectivity index (χ0n) is 14.0. The summed E-state index contributed by atoms with van der Waals surface area (Å²) in [5.41, 5.74) is 1.10. The topological polar surface area (TPSA) is 55.4 Å². The maximum atomic E-state index is 12.7. The highest BCUT2D eigenvalue weighted by Gasteiger charge is 2.09. The second kappa shape index (κ2) is 6.61. The third-order valence-electron chi connectivity index (χ3n) is 4.19. The fourth-order valence-corrected chi connectivity index (χ4v) is 3.88. The highest BCUT2D eigenvalue weighted by atomic mass is 32.1. The molecule has 4 aromatic rings. The van der Waals surface area contributed by atoms with Gasteiger partial charge in [-0.05, 0) is 54.6 Å². The molecule has 0 bridgehead atoms. The molecule has 0 fully saturated rings. The Labute approximate surface area is 153 Å². The Kier molecular flexibility index (Phi) is 4.14. The Bertz CT molecular complexity index is 1180. The Balaban J connectivity index is 1.70. The molecule has 1 amide bonds. The number of amides is 1. The van der Waals surface area contributed by atoms with Gasteiger partial charge in [-0.25, -0.2) is 0 Å². The van der Waals surface area contributed by atoms with Gasteiger partial charge in [-0.2, -0.15) is 0 Å². The van der Waals surface area contributed by atoms with E-state index in [1.54, 1.807) is 48.8 Å². The van der Waals surface area contributed by atoms with Crippen LogP contribution in [-0.4, -0.2) is 13.0 Å². The van der Waals surface area contributed by atoms with Gasteiger partial charge in [0.1, 0.15) is 5.75 Å². The van der Waals surface area contributed by atoms with Crippen LogP contribution >= 0.6 is 11.3 Å². The van der Waals surface area contributed by atoms with E-state index in [0.29, 0.717) is 27.8 Å². The van der Waals surface area contributed by atoms with Crippen molar-refractivity contribution in [1.29, 1.82) is 0 Å². The first-order chi connectivity index (χ1) is 12.7. The number of hydrogen-bond donors (Lipinski definition) is 1. The first kappa shape index (κ1) is 16.3. The van der Waals surface area contributed by atoms with Gasteiger partial charge in [-0.15, -0.1) is 11.3 Å². The van der Waals surface area contributed by atoms with E-state index in [4.69, 9.17) is 4.74 Å². The molecule has 0 unspecified atom stereocenters. The maximum Gasteiger partial charge on any atom is 0.255 e. The second-order valence-electron chi connectivity index (χ2n) is 5.82. The number of hydrogen-bond acceptors (Lipinski definition) is 4. The summed E-state index contributed by atoms with van der Waals surface area (Å²) in [7, 11) is 1.58. The quantitative estimate of drug-likeness (QED) is 0.539. The van der Waals surface area contributed by atoms with Crippen LogP contribution in [0.4, 0.5) is 5.69 Å². The zero-order chi connectivity index (χ0) is 18.1. The van der Waals surface area contributed by atoms with Crippen molar-refractivity contribution in [2.45, 2.75) is 0 Å². The fraction of sp³-hybridized carbons (Fsp3) is 0.0476. The lowest BCUT2D eigenvalue weighted by Crippen LogP contribution is -2.12. The first-order valence-electron chi connectivity index (χ1n) is 8.07. The molecule has 0 spiro atoms. The molecule has 0 radical (unpaired) electrons. The molecule has 0 saturated carbocycles. The van der Waals surface area contributed by atoms with Crippen molar-refractivity contribution in [3.63, 3.8) is 0 Å². The van der Waals surface area contributed by atoms with Crippen molar-refractivity contribution < 1.29 is 9.53 Å². The predicted octanol–water partition coefficient (Wildman–Crippen LogP) is 4.68. The molecular formula is C21H15NO3S. The molecule has 3 aromatic carbocycles. The summed E-state index contributed by atoms with van der Waals surface area (Å²) < 4.78 is 6.96. The van der Waals surface area contributed by atoms with Crippen LogP contribution in [0.15, 0.2) is 71.5 Å². The van der Waals surface area contributed by atoms with E-state index in [1.807, 2.05) is 36.4 Å². The molecule has 1 N–H and O–H groups in total. The van der Waals surface area contributed by atoms with E-state index in [9.17, 15) is 9.59 Å². The first-order valence-corrected chi connectivity index (χ1v) is 8.88. The maximum absolute atomic E-state index is 12.7. The average molecular weight is 361 g/mol. The number of fused-ring (bicyclic) bond motifs is 2. The third kappa shape index (κ3) is 2.93. The second-order valence-corrected chi connectivity index (χ2v) is 6.90. The van der Waals surface area contributed by atoms with Crippen LogP contribution in [0.25, 0.3) is 20.2 Å². The van der Waals surface area contributed by atoms with Gasteiger partial charge in [0.15, 0.2) is 5.43 Å². The van der Waals surface area contributed by atoms with Gasteiger partial charge in [-0.1, -0.05) is 12.1 Å². The minimum atomic E-state index is -0.232. The molecule has 5 heteroatoms. The van der Waals surface area contributed by atoms with Gasteiger partial charge in [0.25, 0.3) is 5.91 Å². The normalized spacial score (nSPS) is 10.8. The highest BCUT2D eigenvalue weighted by molar-refractivity contribution is 7.24. The number of carbonyl (C=O) groups excluding carboxylic acids is 1. The van der Waals surface area contributed by atoms with Crippen molar-refractivity contribution in [1.82, 2.24) is 0 Å². The summed E-state index contributed by atoms with van der Waals surface area (Å²) in [6.07, 6.45) is 0. The number of rotatable bonds is 3. The molecule has 0 saturated heterocycles. The molecule has 0 atom stereocenters. The molecule has 1 heterocycles. The van der Waals surface area contributed by atoms with Crippen LogP contribution in [0.2, 0.25) is 0 Å². The van der Waals surface area contributed by atoms with Crippen LogP contribution in [0, 0.1) is 0 Å². The van der Waals surface area contributed by atoms with Crippen molar-refractivity contribution in [2.24, 2.45) is 0 Å². The molecule has 0 aliphatic rings. The molecule has 0 aliphatic carbocycles. The molecule has 0 aliphatic heterocycles. The highest BCUT2D eigenvalue weighted by Crippen LogP contribution is 2.26. The average Bonchev–Trinajstić information content (AvgIpc) is 2.69. The summed E-state index contributed by atoms with van der Waals surface area (Å²) in [4.78, 5) is 25.2. The molecule has 4 rings (SSSR count). The molecular weight excluding hydrogens is 346 g/mol. The molecule has 128 valence electrons. The van der Waals surface area contributed by atoms with E-state index in [0.717, 1.165) is 9.40 Å². The van der Waals surface area contributed by atoms with Crippen LogP contribution in [0.5, 0.6) is 5.75 Å². The number of anilines is 1. The van der Waals surface area contributed by atoms with Gasteiger partial charge >= 0.3 is 0 Å². The smallest absolute Gasteiger partial charge is 0.255 e. The monoisotopic (exact) mass is 361 g/mol. The SMILES string of the molecule is COc1ccc(C(=O)Nc2ccc3sc4ccccc4c(=O)c3c2)cc1. The lowest BCUT2D eigenvalue weighted by molar-refractivity contribution is 0.102. The van der Waals surface area contributed by atoms with Crippen LogP contribution in [0.3, 0.4) is 0 Å². The summed E-state index contributed by atoms with van der Waals surface area (Å²) in [5.74, 6) is 0.459. The van der Waals surface area contributed by atoms with Crippen molar-refractivity contribution in [3.8, 4) is 5.75 Å². The van der Waals surface area contributed by atoms with E-state index in [-0.39, 0.29) is 11.3 Å². The van der Waals surface area contributed by atoms with Crippen LogP contribution < -0.4 is 15.5 Å². The van der Waals surface area contributed by atoms with E-state index in [2.05, 4.69) is 5.32 Å². The number of benzene rings is 3. The Morgan fingerprint density at radius 1 is 0.923 bits per heavy atom. The number of carbonyl (C=O) groups is 1. The van der Waals surface area contributed by atoms with E-state index >= 15 is 0 Å². The van der Waals surface area contributed by atoms with E-state index < -0.39 is 0 Å². The lowest BCUT2D eigenvalue weighted by atomic mass is 10.1. The number of methoxy groups -OCH3 is 1. The van der Waals surface area contributed by atoms with Gasteiger partial charge in [0.05, 0.1) is 7.11 Å². The summed E-state index contributed by atoms with van der Waals surface area (Å²) >= 11 is 1.57. The van der Waals surface area contributed by atoms with Gasteiger partial charge in [0, 0.05) is 31.4 Å². The number of nitrogens with one attached hydrogen (secondary N) is 1. The lowest BCUT2D eigenvalue weighted by Gasteiger charge is -2.08. The minimum absolute atomic E-state index is 0.0186. The summed E-state index contributed by atoms with van der Waals surface area (Å²) in [5, 5.41) is 4.16. The van der Waals surface area contributed by atoms with Crippen molar-refractivity contribution >= 4 is 43.1 Å². The summed E-state index contributed by atoms with van der Waals surface area (Å²) in [6.45, 7) is 0. The fourth-order valence-electron chi connectivity index (χ4n) is 2.83. The standard InChI is InChI=1S/C21H15NO3S/c1-25-15-9-6-13(7-10-15)21(24)22-14-8-11-19-17(12-14)20(23)16-4-2-3-5-18(16)26-19/h2-12H,1H3,(H,22,24). The Morgan fingerprint density at radius 2 is 1.65 bits per heavy atom. The van der Waals surface area contributed by atoms with Crippen LogP contribution in [0.1, 0.15) is 10.4 Å². The van der Waals surface area contributed by atoms with Crippen molar-refractivity contribution in [2.75, 3.05) is 12.4 Å². The summed E-state index contributed by atoms with van der Waals surface area (Å²) in [6, 6.07) is 19.8. The van der Waals surface area contributed by atoms with Gasteiger partial charge in [-0.3, -0.25) is 9.59 Å². The van der Waals surface area contributed by atoms with Crippen LogP contribution in [-0.2, 0) is 0 Å². The van der Waals surface area contributed by atoms with Gasteiger partial charge < -0.3 is 10.1 Å². The molecule has 26 heavy (non-hydrogen) atoms. The zero-order valence-corrected chi connectivity index (χ0v) is 14.8. The van der Waals surface area contributed by atoms with Crippen molar-refractivity contribution in [3.05, 3.63) is 82.5 Å².